The topological polar surface area (TPSA) is 52.0 Å². The number of hydrogen-bond donors (Lipinski definition) is 2. The Morgan fingerprint density at radius 3 is 1.60 bits per heavy atom. The summed E-state index contributed by atoms with van der Waals surface area (Å²) in [6.07, 6.45) is 0. The summed E-state index contributed by atoms with van der Waals surface area (Å²) in [5.41, 5.74) is 8.46. The fourth-order valence-corrected chi connectivity index (χ4v) is 0. The van der Waals surface area contributed by atoms with Gasteiger partial charge in [0.2, 0.25) is 0 Å². The summed E-state index contributed by atoms with van der Waals surface area (Å²) in [6, 6.07) is 0. The summed E-state index contributed by atoms with van der Waals surface area (Å²) in [7, 11) is 0. The van der Waals surface area contributed by atoms with Crippen molar-refractivity contribution in [2.75, 3.05) is 0 Å². The van der Waals surface area contributed by atoms with E-state index in [0.29, 0.717) is 0 Å². The average Bonchev–Trinajstić information content (AvgIpc) is 0.722. The van der Waals surface area contributed by atoms with E-state index in [2.05, 4.69) is 23.1 Å². The van der Waals surface area contributed by atoms with E-state index in [1.807, 2.05) is 0 Å². The predicted molar refractivity (Wildman–Crippen MR) is 18.1 cm³/mol. The minimum atomic E-state index is -2.53. The second-order valence-corrected chi connectivity index (χ2v) is 1.25. The maximum Gasteiger partial charge on any atom is 0.288 e. The van der Waals surface area contributed by atoms with Gasteiger partial charge >= 0.3 is 0 Å². The summed E-state index contributed by atoms with van der Waals surface area (Å²) in [5, 5.41) is -2.53. The van der Waals surface area contributed by atoms with Crippen molar-refractivity contribution in [3.8, 4) is 0 Å². The zero-order valence-corrected chi connectivity index (χ0v) is 3.17. The third-order valence-electron chi connectivity index (χ3n) is 0. The number of nitrogens with two attached hydrogens (primary N) is 2. The molecule has 0 fully saturated rings. The zero-order chi connectivity index (χ0) is 4.50. The van der Waals surface area contributed by atoms with Gasteiger partial charge in [0.1, 0.15) is 0 Å². The predicted octanol–water partition coefficient (Wildman–Crippen LogP) is -0.277. The van der Waals surface area contributed by atoms with E-state index in [9.17, 15) is 4.39 Å². The van der Waals surface area contributed by atoms with Crippen molar-refractivity contribution in [3.05, 3.63) is 0 Å². The van der Waals surface area contributed by atoms with Crippen LogP contribution in [-0.2, 0) is 0 Å². The van der Waals surface area contributed by atoms with Crippen LogP contribution in [0.1, 0.15) is 0 Å². The third-order valence-corrected chi connectivity index (χ3v) is 0. The molecule has 0 bridgehead atoms. The van der Waals surface area contributed by atoms with Gasteiger partial charge in [-0.15, -0.1) is 0 Å². The molecule has 0 aromatic heterocycles. The number of halogens is 2. The van der Waals surface area contributed by atoms with E-state index < -0.39 is 5.38 Å². The van der Waals surface area contributed by atoms with Gasteiger partial charge in [0.05, 0.1) is 0 Å². The van der Waals surface area contributed by atoms with Gasteiger partial charge in [0.15, 0.2) is 0 Å². The molecule has 0 aromatic rings. The van der Waals surface area contributed by atoms with E-state index in [4.69, 9.17) is 0 Å². The normalized spacial score (nSPS) is 12.0. The Morgan fingerprint density at radius 2 is 1.60 bits per heavy atom. The van der Waals surface area contributed by atoms with Gasteiger partial charge < -0.3 is 0 Å². The molecular weight excluding hydrogens is 94.5 g/mol. The molecule has 0 unspecified atom stereocenters. The maximum absolute atomic E-state index is 11.0. The molecule has 0 heterocycles. The minimum Gasteiger partial charge on any atom is -0.273 e. The fraction of sp³-hybridized carbons (Fsp3) is 1.00. The first-order chi connectivity index (χ1) is 2.00. The molecule has 0 aromatic carbocycles. The Balaban J connectivity index is 3.02. The van der Waals surface area contributed by atoms with E-state index >= 15 is 0 Å². The Morgan fingerprint density at radius 1 is 1.60 bits per heavy atom. The van der Waals surface area contributed by atoms with E-state index in [0.717, 1.165) is 0 Å². The quantitative estimate of drug-likeness (QED) is 0.249. The fourth-order valence-electron chi connectivity index (χ4n) is 0. The van der Waals surface area contributed by atoms with Crippen LogP contribution in [0, 0.1) is 0 Å². The third kappa shape index (κ3) is 967. The van der Waals surface area contributed by atoms with Crippen molar-refractivity contribution in [1.82, 2.24) is 0 Å². The summed E-state index contributed by atoms with van der Waals surface area (Å²) >= 11 is 4.42. The molecule has 4 N–H and O–H groups in total. The first-order valence-electron chi connectivity index (χ1n) is 0.955. The number of rotatable bonds is 0. The Labute approximate surface area is 33.9 Å². The van der Waals surface area contributed by atoms with Gasteiger partial charge in [-0.3, -0.25) is 11.5 Å². The molecule has 0 saturated heterocycles. The largest absolute Gasteiger partial charge is 0.288 e. The lowest BCUT2D eigenvalue weighted by Gasteiger charge is -1.97. The second kappa shape index (κ2) is 1.08. The van der Waals surface area contributed by atoms with Crippen LogP contribution < -0.4 is 11.5 Å². The van der Waals surface area contributed by atoms with Gasteiger partial charge in [-0.2, -0.15) is 4.39 Å². The first kappa shape index (κ1) is 5.14. The van der Waals surface area contributed by atoms with Crippen LogP contribution in [0.3, 0.4) is 0 Å². The van der Waals surface area contributed by atoms with Crippen molar-refractivity contribution < 1.29 is 4.39 Å². The van der Waals surface area contributed by atoms with Crippen LogP contribution >= 0.6 is 11.6 Å². The molecule has 0 radical (unpaired) electrons. The van der Waals surface area contributed by atoms with Crippen LogP contribution in [0.4, 0.5) is 4.39 Å². The maximum atomic E-state index is 11.0. The van der Waals surface area contributed by atoms with Crippen molar-refractivity contribution in [1.29, 1.82) is 0 Å². The smallest absolute Gasteiger partial charge is 0.273 e. The van der Waals surface area contributed by atoms with Crippen molar-refractivity contribution in [2.24, 2.45) is 11.5 Å². The molecule has 0 rings (SSSR count). The Kier molecular flexibility index (Phi) is 1.11. The van der Waals surface area contributed by atoms with E-state index in [-0.39, 0.29) is 0 Å². The highest BCUT2D eigenvalue weighted by Gasteiger charge is 2.06. The Bertz CT molecular complexity index is 25.1. The van der Waals surface area contributed by atoms with Gasteiger partial charge in [0, 0.05) is 0 Å². The van der Waals surface area contributed by atoms with Crippen LogP contribution in [0.15, 0.2) is 0 Å². The minimum absolute atomic E-state index is 2.53. The molecule has 4 heteroatoms. The molecule has 0 aliphatic heterocycles. The average molecular weight is 98.5 g/mol. The van der Waals surface area contributed by atoms with E-state index in [1.165, 1.54) is 0 Å². The molecule has 0 saturated carbocycles. The molecule has 0 aliphatic rings. The Hall–Kier alpha value is 0.140. The number of alkyl halides is 2. The second-order valence-electron chi connectivity index (χ2n) is 0.675. The van der Waals surface area contributed by atoms with Crippen molar-refractivity contribution >= 4 is 11.6 Å². The van der Waals surface area contributed by atoms with Crippen LogP contribution in [0.25, 0.3) is 0 Å². The lowest BCUT2D eigenvalue weighted by Crippen LogP contribution is -2.37. The summed E-state index contributed by atoms with van der Waals surface area (Å²) in [6.45, 7) is 0. The van der Waals surface area contributed by atoms with Gasteiger partial charge in [-0.1, -0.05) is 0 Å². The molecule has 0 atom stereocenters. The van der Waals surface area contributed by atoms with Crippen molar-refractivity contribution in [2.45, 2.75) is 5.38 Å². The molecule has 0 aliphatic carbocycles. The highest BCUT2D eigenvalue weighted by atomic mass is 35.5. The van der Waals surface area contributed by atoms with Crippen LogP contribution in [0.2, 0.25) is 0 Å². The molecular formula is CH4ClFN2. The summed E-state index contributed by atoms with van der Waals surface area (Å²) < 4.78 is 11.0. The van der Waals surface area contributed by atoms with Crippen LogP contribution in [0.5, 0.6) is 0 Å². The highest BCUT2D eigenvalue weighted by Crippen LogP contribution is 1.94. The van der Waals surface area contributed by atoms with Gasteiger partial charge in [-0.05, 0) is 11.6 Å². The lowest BCUT2D eigenvalue weighted by molar-refractivity contribution is 0.299. The summed E-state index contributed by atoms with van der Waals surface area (Å²) in [4.78, 5) is 0. The molecule has 2 nitrogen and oxygen atoms in total. The first-order valence-corrected chi connectivity index (χ1v) is 1.33. The molecule has 32 valence electrons. The van der Waals surface area contributed by atoms with Crippen LogP contribution in [-0.4, -0.2) is 5.38 Å². The van der Waals surface area contributed by atoms with Crippen molar-refractivity contribution in [3.63, 3.8) is 0 Å². The zero-order valence-electron chi connectivity index (χ0n) is 2.41. The summed E-state index contributed by atoms with van der Waals surface area (Å²) in [5.74, 6) is 0. The molecule has 5 heavy (non-hydrogen) atoms. The molecule has 0 amide bonds. The standard InChI is InChI=1S/CH4ClFN2/c2-1(3,4)5/h4-5H2. The van der Waals surface area contributed by atoms with Gasteiger partial charge in [0.25, 0.3) is 5.38 Å². The monoisotopic (exact) mass is 98.0 g/mol. The lowest BCUT2D eigenvalue weighted by atomic mass is 11.1. The molecule has 0 spiro atoms. The van der Waals surface area contributed by atoms with Gasteiger partial charge in [-0.25, -0.2) is 0 Å². The number of hydrogen-bond acceptors (Lipinski definition) is 2. The van der Waals surface area contributed by atoms with E-state index in [1.54, 1.807) is 0 Å². The SMILES string of the molecule is NC(N)(F)Cl. The highest BCUT2D eigenvalue weighted by molar-refractivity contribution is 6.21.